The Balaban J connectivity index is 1.97. The highest BCUT2D eigenvalue weighted by Crippen LogP contribution is 2.07. The number of carbonyl (C=O) groups is 1. The van der Waals surface area contributed by atoms with Crippen LogP contribution < -0.4 is 5.32 Å². The highest BCUT2D eigenvalue weighted by Gasteiger charge is 2.09. The van der Waals surface area contributed by atoms with E-state index in [0.717, 1.165) is 5.56 Å². The van der Waals surface area contributed by atoms with Gasteiger partial charge in [0.15, 0.2) is 0 Å². The summed E-state index contributed by atoms with van der Waals surface area (Å²) in [7, 11) is 0. The molecule has 1 unspecified atom stereocenters. The summed E-state index contributed by atoms with van der Waals surface area (Å²) in [6.07, 6.45) is 4.47. The minimum absolute atomic E-state index is 0.240. The molecule has 1 amide bonds. The summed E-state index contributed by atoms with van der Waals surface area (Å²) in [6, 6.07) is 8.82. The first-order valence-corrected chi connectivity index (χ1v) is 6.03. The van der Waals surface area contributed by atoms with Gasteiger partial charge in [0.1, 0.15) is 12.2 Å². The quantitative estimate of drug-likeness (QED) is 0.822. The Morgan fingerprint density at radius 1 is 1.55 bits per heavy atom. The molecule has 0 fully saturated rings. The summed E-state index contributed by atoms with van der Waals surface area (Å²) >= 11 is 0. The molecule has 0 aliphatic rings. The van der Waals surface area contributed by atoms with Crippen molar-refractivity contribution in [3.8, 4) is 6.07 Å². The predicted octanol–water partition coefficient (Wildman–Crippen LogP) is 1.57. The first-order valence-electron chi connectivity index (χ1n) is 6.03. The molecule has 0 saturated carbocycles. The van der Waals surface area contributed by atoms with Crippen molar-refractivity contribution in [1.29, 1.82) is 5.26 Å². The van der Waals surface area contributed by atoms with Gasteiger partial charge in [-0.15, -0.1) is 0 Å². The van der Waals surface area contributed by atoms with Crippen molar-refractivity contribution in [1.82, 2.24) is 20.5 Å². The lowest BCUT2D eigenvalue weighted by Crippen LogP contribution is -2.25. The number of aromatic amines is 1. The number of nitrogens with one attached hydrogen (secondary N) is 2. The van der Waals surface area contributed by atoms with Crippen molar-refractivity contribution >= 4 is 12.0 Å². The third kappa shape index (κ3) is 3.53. The number of hydrogen-bond acceptors (Lipinski definition) is 4. The fraction of sp³-hybridized carbons (Fsp3) is 0.143. The first kappa shape index (κ1) is 13.5. The Bertz CT molecular complexity index is 654. The molecule has 0 bridgehead atoms. The first-order chi connectivity index (χ1) is 9.69. The molecule has 1 heterocycles. The van der Waals surface area contributed by atoms with Crippen LogP contribution in [0.2, 0.25) is 0 Å². The number of carbonyl (C=O) groups excluding carboxylic acids is 1. The monoisotopic (exact) mass is 267 g/mol. The number of benzene rings is 1. The van der Waals surface area contributed by atoms with Crippen LogP contribution in [0.1, 0.15) is 29.9 Å². The molecule has 0 radical (unpaired) electrons. The summed E-state index contributed by atoms with van der Waals surface area (Å²) in [5.74, 6) is 0.356. The average molecular weight is 267 g/mol. The number of amides is 1. The van der Waals surface area contributed by atoms with Crippen molar-refractivity contribution < 1.29 is 4.79 Å². The second-order valence-corrected chi connectivity index (χ2v) is 4.17. The lowest BCUT2D eigenvalue weighted by molar-refractivity contribution is -0.117. The van der Waals surface area contributed by atoms with Crippen LogP contribution >= 0.6 is 0 Å². The van der Waals surface area contributed by atoms with Gasteiger partial charge in [-0.05, 0) is 30.7 Å². The van der Waals surface area contributed by atoms with Crippen LogP contribution in [0.15, 0.2) is 36.7 Å². The zero-order chi connectivity index (χ0) is 14.4. The van der Waals surface area contributed by atoms with E-state index in [-0.39, 0.29) is 11.9 Å². The lowest BCUT2D eigenvalue weighted by atomic mass is 10.1. The topological polar surface area (TPSA) is 94.5 Å². The van der Waals surface area contributed by atoms with Gasteiger partial charge in [-0.3, -0.25) is 9.89 Å². The molecule has 6 heteroatoms. The molecule has 0 aliphatic carbocycles. The highest BCUT2D eigenvalue weighted by atomic mass is 16.1. The van der Waals surface area contributed by atoms with Gasteiger partial charge < -0.3 is 5.32 Å². The number of H-pyrrole nitrogens is 1. The van der Waals surface area contributed by atoms with Gasteiger partial charge >= 0.3 is 0 Å². The molecule has 100 valence electrons. The zero-order valence-corrected chi connectivity index (χ0v) is 10.9. The predicted molar refractivity (Wildman–Crippen MR) is 73.1 cm³/mol. The minimum Gasteiger partial charge on any atom is -0.343 e. The molecule has 1 aromatic heterocycles. The maximum absolute atomic E-state index is 11.8. The fourth-order valence-corrected chi connectivity index (χ4v) is 1.64. The van der Waals surface area contributed by atoms with Gasteiger partial charge in [0.2, 0.25) is 5.91 Å². The van der Waals surface area contributed by atoms with E-state index < -0.39 is 0 Å². The average Bonchev–Trinajstić information content (AvgIpc) is 2.99. The van der Waals surface area contributed by atoms with E-state index in [1.807, 2.05) is 13.0 Å². The minimum atomic E-state index is -0.250. The van der Waals surface area contributed by atoms with E-state index in [2.05, 4.69) is 26.6 Å². The van der Waals surface area contributed by atoms with Gasteiger partial charge in [0.05, 0.1) is 17.7 Å². The summed E-state index contributed by atoms with van der Waals surface area (Å²) in [6.45, 7) is 1.81. The number of nitriles is 1. The summed E-state index contributed by atoms with van der Waals surface area (Å²) in [5, 5.41) is 18.0. The number of rotatable bonds is 4. The summed E-state index contributed by atoms with van der Waals surface area (Å²) < 4.78 is 0. The third-order valence-electron chi connectivity index (χ3n) is 2.65. The largest absolute Gasteiger partial charge is 0.343 e. The number of aromatic nitrogens is 3. The molecule has 6 nitrogen and oxygen atoms in total. The maximum atomic E-state index is 11.8. The number of nitrogens with zero attached hydrogens (tertiary/aromatic N) is 3. The summed E-state index contributed by atoms with van der Waals surface area (Å²) in [4.78, 5) is 15.7. The maximum Gasteiger partial charge on any atom is 0.244 e. The van der Waals surface area contributed by atoms with Crippen LogP contribution in [0.4, 0.5) is 0 Å². The molecule has 2 aromatic rings. The fourth-order valence-electron chi connectivity index (χ4n) is 1.64. The lowest BCUT2D eigenvalue weighted by Gasteiger charge is -2.08. The standard InChI is InChI=1S/C14H13N5O/c1-10(14-16-9-17-19-14)18-13(20)6-5-11-3-2-4-12(7-11)8-15/h2-7,9-10H,1H3,(H,18,20)(H,16,17,19)/b6-5+. The van der Waals surface area contributed by atoms with Crippen LogP contribution in [0, 0.1) is 11.3 Å². The second-order valence-electron chi connectivity index (χ2n) is 4.17. The van der Waals surface area contributed by atoms with Gasteiger partial charge in [0, 0.05) is 6.08 Å². The number of hydrogen-bond donors (Lipinski definition) is 2. The van der Waals surface area contributed by atoms with Gasteiger partial charge in [0.25, 0.3) is 0 Å². The van der Waals surface area contributed by atoms with Gasteiger partial charge in [-0.25, -0.2) is 4.98 Å². The van der Waals surface area contributed by atoms with Crippen molar-refractivity contribution in [3.05, 3.63) is 53.6 Å². The molecule has 2 rings (SSSR count). The van der Waals surface area contributed by atoms with Crippen LogP contribution in [-0.2, 0) is 4.79 Å². The Hall–Kier alpha value is -2.94. The molecule has 0 spiro atoms. The van der Waals surface area contributed by atoms with Crippen LogP contribution in [-0.4, -0.2) is 21.1 Å². The van der Waals surface area contributed by atoms with Gasteiger partial charge in [-0.1, -0.05) is 12.1 Å². The Morgan fingerprint density at radius 3 is 3.10 bits per heavy atom. The Labute approximate surface area is 116 Å². The van der Waals surface area contributed by atoms with E-state index >= 15 is 0 Å². The molecule has 1 atom stereocenters. The SMILES string of the molecule is CC(NC(=O)/C=C/c1cccc(C#N)c1)c1ncn[nH]1. The van der Waals surface area contributed by atoms with Crippen LogP contribution in [0.25, 0.3) is 6.08 Å². The Kier molecular flexibility index (Phi) is 4.24. The van der Waals surface area contributed by atoms with E-state index in [4.69, 9.17) is 5.26 Å². The van der Waals surface area contributed by atoms with Crippen molar-refractivity contribution in [2.24, 2.45) is 0 Å². The molecule has 2 N–H and O–H groups in total. The highest BCUT2D eigenvalue weighted by molar-refractivity contribution is 5.91. The van der Waals surface area contributed by atoms with Crippen molar-refractivity contribution in [3.63, 3.8) is 0 Å². The van der Waals surface area contributed by atoms with E-state index in [1.165, 1.54) is 12.4 Å². The normalized spacial score (nSPS) is 12.0. The third-order valence-corrected chi connectivity index (χ3v) is 2.65. The van der Waals surface area contributed by atoms with E-state index in [9.17, 15) is 4.79 Å². The second kappa shape index (κ2) is 6.29. The molecule has 1 aromatic carbocycles. The molecule has 20 heavy (non-hydrogen) atoms. The van der Waals surface area contributed by atoms with Gasteiger partial charge in [-0.2, -0.15) is 10.4 Å². The van der Waals surface area contributed by atoms with Crippen molar-refractivity contribution in [2.45, 2.75) is 13.0 Å². The molecule has 0 saturated heterocycles. The van der Waals surface area contributed by atoms with Crippen molar-refractivity contribution in [2.75, 3.05) is 0 Å². The van der Waals surface area contributed by atoms with E-state index in [1.54, 1.807) is 24.3 Å². The molecular weight excluding hydrogens is 254 g/mol. The van der Waals surface area contributed by atoms with Crippen LogP contribution in [0.5, 0.6) is 0 Å². The summed E-state index contributed by atoms with van der Waals surface area (Å²) in [5.41, 5.74) is 1.36. The van der Waals surface area contributed by atoms with E-state index in [0.29, 0.717) is 11.4 Å². The molecule has 0 aliphatic heterocycles. The van der Waals surface area contributed by atoms with Crippen LogP contribution in [0.3, 0.4) is 0 Å². The Morgan fingerprint density at radius 2 is 2.40 bits per heavy atom. The smallest absolute Gasteiger partial charge is 0.244 e. The molecular formula is C14H13N5O. The zero-order valence-electron chi connectivity index (χ0n) is 10.9.